The van der Waals surface area contributed by atoms with Crippen LogP contribution in [0.2, 0.25) is 0 Å². The van der Waals surface area contributed by atoms with Gasteiger partial charge >= 0.3 is 0 Å². The molecule has 0 amide bonds. The van der Waals surface area contributed by atoms with Crippen molar-refractivity contribution in [3.8, 4) is 6.07 Å². The number of nitriles is 1. The summed E-state index contributed by atoms with van der Waals surface area (Å²) < 4.78 is 26.2. The average Bonchev–Trinajstić information content (AvgIpc) is 2.48. The van der Waals surface area contributed by atoms with Crippen LogP contribution in [0.3, 0.4) is 0 Å². The predicted octanol–water partition coefficient (Wildman–Crippen LogP) is 2.62. The Morgan fingerprint density at radius 2 is 1.85 bits per heavy atom. The van der Waals surface area contributed by atoms with E-state index in [4.69, 9.17) is 0 Å². The molecule has 1 aliphatic heterocycles. The molecule has 0 aromatic carbocycles. The molecule has 0 radical (unpaired) electrons. The van der Waals surface area contributed by atoms with E-state index >= 15 is 0 Å². The predicted molar refractivity (Wildman–Crippen MR) is 83.0 cm³/mol. The number of nitrogens with zero attached hydrogens (tertiary/aromatic N) is 2. The Balaban J connectivity index is 1.93. The summed E-state index contributed by atoms with van der Waals surface area (Å²) in [7, 11) is -3.13. The molecule has 4 nitrogen and oxygen atoms in total. The highest BCUT2D eigenvalue weighted by Gasteiger charge is 2.38. The minimum Gasteiger partial charge on any atom is -0.212 e. The lowest BCUT2D eigenvalue weighted by Gasteiger charge is -2.36. The van der Waals surface area contributed by atoms with Crippen molar-refractivity contribution in [2.75, 3.05) is 25.1 Å². The van der Waals surface area contributed by atoms with E-state index in [9.17, 15) is 13.7 Å². The van der Waals surface area contributed by atoms with Crippen molar-refractivity contribution in [3.63, 3.8) is 0 Å². The van der Waals surface area contributed by atoms with Crippen LogP contribution < -0.4 is 0 Å². The van der Waals surface area contributed by atoms with Crippen LogP contribution in [0.25, 0.3) is 0 Å². The van der Waals surface area contributed by atoms with E-state index in [1.165, 1.54) is 19.3 Å². The van der Waals surface area contributed by atoms with Gasteiger partial charge in [-0.05, 0) is 37.9 Å². The fraction of sp³-hybridized carbons (Fsp3) is 0.929. The summed E-state index contributed by atoms with van der Waals surface area (Å²) in [4.78, 5) is 0. The Morgan fingerprint density at radius 1 is 1.25 bits per heavy atom. The van der Waals surface area contributed by atoms with Crippen LogP contribution in [0, 0.1) is 17.2 Å². The summed E-state index contributed by atoms with van der Waals surface area (Å²) in [5.41, 5.74) is 0. The molecule has 0 unspecified atom stereocenters. The number of thioether (sulfide) groups is 1. The standard InChI is InChI=1S/C14H24N2O2S2/c1-19-14(12-15)7-9-16(10-8-14)20(17,18)11-13-5-3-2-4-6-13/h13H,2-11H2,1H3. The van der Waals surface area contributed by atoms with Crippen molar-refractivity contribution >= 4 is 21.8 Å². The molecule has 1 heterocycles. The Labute approximate surface area is 127 Å². The van der Waals surface area contributed by atoms with Crippen LogP contribution in [-0.4, -0.2) is 42.6 Å². The summed E-state index contributed by atoms with van der Waals surface area (Å²) in [5, 5.41) is 9.25. The molecule has 0 spiro atoms. The van der Waals surface area contributed by atoms with Gasteiger partial charge in [0, 0.05) is 13.1 Å². The molecule has 6 heteroatoms. The third kappa shape index (κ3) is 3.69. The summed E-state index contributed by atoms with van der Waals surface area (Å²) in [5.74, 6) is 0.656. The van der Waals surface area contributed by atoms with E-state index in [-0.39, 0.29) is 4.75 Å². The second kappa shape index (κ2) is 6.67. The lowest BCUT2D eigenvalue weighted by Crippen LogP contribution is -2.46. The van der Waals surface area contributed by atoms with Gasteiger partial charge in [0.15, 0.2) is 0 Å². The molecule has 1 saturated heterocycles. The van der Waals surface area contributed by atoms with Crippen LogP contribution >= 0.6 is 11.8 Å². The largest absolute Gasteiger partial charge is 0.214 e. The van der Waals surface area contributed by atoms with Crippen molar-refractivity contribution in [1.82, 2.24) is 4.31 Å². The smallest absolute Gasteiger partial charge is 0.212 e. The number of hydrogen-bond acceptors (Lipinski definition) is 4. The van der Waals surface area contributed by atoms with Crippen molar-refractivity contribution in [1.29, 1.82) is 5.26 Å². The number of hydrogen-bond donors (Lipinski definition) is 0. The minimum absolute atomic E-state index is 0.311. The first-order valence-corrected chi connectivity index (χ1v) is 10.3. The normalized spacial score (nSPS) is 25.2. The summed E-state index contributed by atoms with van der Waals surface area (Å²) in [6, 6.07) is 2.36. The van der Waals surface area contributed by atoms with Crippen molar-refractivity contribution in [2.45, 2.75) is 49.7 Å². The fourth-order valence-corrected chi connectivity index (χ4v) is 5.81. The maximum absolute atomic E-state index is 12.5. The first-order valence-electron chi connectivity index (χ1n) is 7.45. The van der Waals surface area contributed by atoms with E-state index in [1.54, 1.807) is 16.1 Å². The second-order valence-electron chi connectivity index (χ2n) is 5.99. The maximum Gasteiger partial charge on any atom is 0.214 e. The molecule has 2 aliphatic rings. The van der Waals surface area contributed by atoms with Crippen LogP contribution in [0.5, 0.6) is 0 Å². The lowest BCUT2D eigenvalue weighted by atomic mass is 9.91. The van der Waals surface area contributed by atoms with Gasteiger partial charge in [-0.25, -0.2) is 12.7 Å². The summed E-state index contributed by atoms with van der Waals surface area (Å²) in [6.45, 7) is 1.01. The molecule has 0 N–H and O–H groups in total. The molecule has 1 aliphatic carbocycles. The molecule has 0 aromatic rings. The van der Waals surface area contributed by atoms with Gasteiger partial charge in [0.1, 0.15) is 4.75 Å². The Bertz CT molecular complexity index is 456. The zero-order chi connectivity index (χ0) is 14.6. The van der Waals surface area contributed by atoms with Crippen LogP contribution in [0.1, 0.15) is 44.9 Å². The van der Waals surface area contributed by atoms with E-state index in [1.807, 2.05) is 6.26 Å². The van der Waals surface area contributed by atoms with Gasteiger partial charge in [0.25, 0.3) is 0 Å². The highest BCUT2D eigenvalue weighted by atomic mass is 32.2. The maximum atomic E-state index is 12.5. The van der Waals surface area contributed by atoms with Gasteiger partial charge in [0.2, 0.25) is 10.0 Å². The van der Waals surface area contributed by atoms with Gasteiger partial charge in [-0.2, -0.15) is 5.26 Å². The molecular weight excluding hydrogens is 292 g/mol. The van der Waals surface area contributed by atoms with Crippen molar-refractivity contribution in [2.24, 2.45) is 5.92 Å². The van der Waals surface area contributed by atoms with Crippen LogP contribution in [-0.2, 0) is 10.0 Å². The van der Waals surface area contributed by atoms with E-state index < -0.39 is 10.0 Å². The first kappa shape index (κ1) is 16.1. The Morgan fingerprint density at radius 3 is 2.35 bits per heavy atom. The molecule has 1 saturated carbocycles. The first-order chi connectivity index (χ1) is 9.51. The van der Waals surface area contributed by atoms with E-state index in [0.29, 0.717) is 37.6 Å². The Kier molecular flexibility index (Phi) is 5.38. The number of rotatable bonds is 4. The molecule has 20 heavy (non-hydrogen) atoms. The van der Waals surface area contributed by atoms with Gasteiger partial charge < -0.3 is 0 Å². The van der Waals surface area contributed by atoms with Crippen LogP contribution in [0.4, 0.5) is 0 Å². The highest BCUT2D eigenvalue weighted by molar-refractivity contribution is 8.00. The number of sulfonamides is 1. The Hall–Kier alpha value is -0.250. The molecule has 0 aromatic heterocycles. The van der Waals surface area contributed by atoms with E-state index in [0.717, 1.165) is 12.8 Å². The summed E-state index contributed by atoms with van der Waals surface area (Å²) >= 11 is 1.56. The van der Waals surface area contributed by atoms with Crippen LogP contribution in [0.15, 0.2) is 0 Å². The van der Waals surface area contributed by atoms with Gasteiger partial charge in [0.05, 0.1) is 11.8 Å². The van der Waals surface area contributed by atoms with Gasteiger partial charge in [-0.15, -0.1) is 11.8 Å². The quantitative estimate of drug-likeness (QED) is 0.800. The average molecular weight is 316 g/mol. The third-order valence-corrected chi connectivity index (χ3v) is 8.01. The third-order valence-electron chi connectivity index (χ3n) is 4.69. The fourth-order valence-electron chi connectivity index (χ4n) is 3.24. The summed E-state index contributed by atoms with van der Waals surface area (Å²) in [6.07, 6.45) is 8.94. The molecule has 0 bridgehead atoms. The van der Waals surface area contributed by atoms with E-state index in [2.05, 4.69) is 6.07 Å². The molecule has 114 valence electrons. The van der Waals surface area contributed by atoms with Gasteiger partial charge in [-0.3, -0.25) is 0 Å². The molecule has 2 fully saturated rings. The van der Waals surface area contributed by atoms with Crippen molar-refractivity contribution < 1.29 is 8.42 Å². The SMILES string of the molecule is CSC1(C#N)CCN(S(=O)(=O)CC2CCCCC2)CC1. The zero-order valence-electron chi connectivity index (χ0n) is 12.2. The molecule has 0 atom stereocenters. The van der Waals surface area contributed by atoms with Crippen molar-refractivity contribution in [3.05, 3.63) is 0 Å². The highest BCUT2D eigenvalue weighted by Crippen LogP contribution is 2.35. The number of piperidine rings is 1. The second-order valence-corrected chi connectivity index (χ2v) is 9.20. The zero-order valence-corrected chi connectivity index (χ0v) is 13.8. The topological polar surface area (TPSA) is 61.2 Å². The molecular formula is C14H24N2O2S2. The van der Waals surface area contributed by atoms with Gasteiger partial charge in [-0.1, -0.05) is 19.3 Å². The molecule has 2 rings (SSSR count). The lowest BCUT2D eigenvalue weighted by molar-refractivity contribution is 0.318. The monoisotopic (exact) mass is 316 g/mol. The minimum atomic E-state index is -3.13.